The summed E-state index contributed by atoms with van der Waals surface area (Å²) in [5.74, 6) is 0.489. The van der Waals surface area contributed by atoms with Crippen LogP contribution >= 0.6 is 22.6 Å². The van der Waals surface area contributed by atoms with Crippen molar-refractivity contribution in [1.82, 2.24) is 9.97 Å². The second kappa shape index (κ2) is 3.47. The van der Waals surface area contributed by atoms with Crippen LogP contribution in [-0.4, -0.2) is 9.97 Å². The fourth-order valence-electron chi connectivity index (χ4n) is 0.879. The normalized spacial score (nSPS) is 10.6. The van der Waals surface area contributed by atoms with Gasteiger partial charge in [0.25, 0.3) is 0 Å². The van der Waals surface area contributed by atoms with E-state index in [0.29, 0.717) is 5.92 Å². The first-order valence-corrected chi connectivity index (χ1v) is 4.67. The molecule has 1 aromatic heterocycles. The number of rotatable bonds is 1. The summed E-state index contributed by atoms with van der Waals surface area (Å²) in [5, 5.41) is 0. The van der Waals surface area contributed by atoms with E-state index in [4.69, 9.17) is 0 Å². The topological polar surface area (TPSA) is 25.8 Å². The van der Waals surface area contributed by atoms with Crippen molar-refractivity contribution in [2.75, 3.05) is 0 Å². The van der Waals surface area contributed by atoms with Crippen LogP contribution in [0, 0.1) is 10.5 Å². The fraction of sp³-hybridized carbons (Fsp3) is 0.500. The summed E-state index contributed by atoms with van der Waals surface area (Å²) < 4.78 is 1.19. The van der Waals surface area contributed by atoms with Crippen LogP contribution < -0.4 is 0 Å². The molecule has 0 N–H and O–H groups in total. The minimum Gasteiger partial charge on any atom is -0.241 e. The Morgan fingerprint density at radius 3 is 2.45 bits per heavy atom. The third-order valence-corrected chi connectivity index (χ3v) is 2.87. The molecule has 0 aliphatic rings. The van der Waals surface area contributed by atoms with Gasteiger partial charge in [0, 0.05) is 0 Å². The average Bonchev–Trinajstić information content (AvgIpc) is 1.94. The van der Waals surface area contributed by atoms with Crippen molar-refractivity contribution in [1.29, 1.82) is 0 Å². The van der Waals surface area contributed by atoms with Crippen molar-refractivity contribution in [3.05, 3.63) is 21.3 Å². The lowest BCUT2D eigenvalue weighted by Gasteiger charge is -2.07. The van der Waals surface area contributed by atoms with Gasteiger partial charge in [-0.1, -0.05) is 13.8 Å². The van der Waals surface area contributed by atoms with Gasteiger partial charge < -0.3 is 0 Å². The molecule has 0 radical (unpaired) electrons. The second-order valence-corrected chi connectivity index (χ2v) is 3.89. The molecule has 2 nitrogen and oxygen atoms in total. The maximum Gasteiger partial charge on any atom is 0.116 e. The van der Waals surface area contributed by atoms with Gasteiger partial charge in [0.2, 0.25) is 0 Å². The van der Waals surface area contributed by atoms with Crippen molar-refractivity contribution in [3.63, 3.8) is 0 Å². The summed E-state index contributed by atoms with van der Waals surface area (Å²) in [6, 6.07) is 0. The zero-order valence-electron chi connectivity index (χ0n) is 6.93. The molecule has 0 fully saturated rings. The zero-order valence-corrected chi connectivity index (χ0v) is 9.08. The molecule has 0 aromatic carbocycles. The van der Waals surface area contributed by atoms with Gasteiger partial charge in [0.05, 0.1) is 15.0 Å². The van der Waals surface area contributed by atoms with Gasteiger partial charge in [0.1, 0.15) is 6.33 Å². The van der Waals surface area contributed by atoms with Gasteiger partial charge in [0.15, 0.2) is 0 Å². The highest BCUT2D eigenvalue weighted by molar-refractivity contribution is 14.1. The first-order chi connectivity index (χ1) is 5.13. The lowest BCUT2D eigenvalue weighted by atomic mass is 10.1. The van der Waals surface area contributed by atoms with Gasteiger partial charge in [-0.25, -0.2) is 9.97 Å². The number of hydrogen-bond donors (Lipinski definition) is 0. The molecular weight excluding hydrogens is 251 g/mol. The number of hydrogen-bond acceptors (Lipinski definition) is 2. The Kier molecular flexibility index (Phi) is 2.81. The summed E-state index contributed by atoms with van der Waals surface area (Å²) in [4.78, 5) is 8.32. The Morgan fingerprint density at radius 2 is 2.00 bits per heavy atom. The van der Waals surface area contributed by atoms with Gasteiger partial charge in [-0.15, -0.1) is 0 Å². The van der Waals surface area contributed by atoms with E-state index in [1.807, 2.05) is 6.92 Å². The van der Waals surface area contributed by atoms with E-state index in [-0.39, 0.29) is 0 Å². The van der Waals surface area contributed by atoms with Crippen LogP contribution in [0.15, 0.2) is 6.33 Å². The van der Waals surface area contributed by atoms with Crippen LogP contribution in [0.3, 0.4) is 0 Å². The second-order valence-electron chi connectivity index (χ2n) is 2.81. The molecular formula is C8H11IN2. The Morgan fingerprint density at radius 1 is 1.36 bits per heavy atom. The summed E-state index contributed by atoms with van der Waals surface area (Å²) >= 11 is 2.30. The molecule has 1 aromatic rings. The van der Waals surface area contributed by atoms with Crippen LogP contribution in [0.25, 0.3) is 0 Å². The Labute approximate surface area is 80.6 Å². The van der Waals surface area contributed by atoms with Crippen molar-refractivity contribution in [2.24, 2.45) is 0 Å². The van der Waals surface area contributed by atoms with Gasteiger partial charge in [-0.3, -0.25) is 0 Å². The molecule has 11 heavy (non-hydrogen) atoms. The van der Waals surface area contributed by atoms with Gasteiger partial charge in [-0.05, 0) is 35.4 Å². The van der Waals surface area contributed by atoms with E-state index >= 15 is 0 Å². The molecule has 0 aliphatic carbocycles. The standard InChI is InChI=1S/C8H11IN2/c1-5(2)8-7(9)6(3)10-4-11-8/h4-5H,1-3H3. The highest BCUT2D eigenvalue weighted by Gasteiger charge is 2.07. The van der Waals surface area contributed by atoms with E-state index in [1.165, 1.54) is 3.57 Å². The summed E-state index contributed by atoms with van der Waals surface area (Å²) in [5.41, 5.74) is 2.22. The summed E-state index contributed by atoms with van der Waals surface area (Å²) in [6.07, 6.45) is 1.63. The number of nitrogens with zero attached hydrogens (tertiary/aromatic N) is 2. The molecule has 0 aliphatic heterocycles. The highest BCUT2D eigenvalue weighted by atomic mass is 127. The van der Waals surface area contributed by atoms with E-state index in [1.54, 1.807) is 6.33 Å². The largest absolute Gasteiger partial charge is 0.241 e. The smallest absolute Gasteiger partial charge is 0.116 e. The molecule has 0 amide bonds. The lowest BCUT2D eigenvalue weighted by molar-refractivity contribution is 0.799. The van der Waals surface area contributed by atoms with Crippen LogP contribution in [0.2, 0.25) is 0 Å². The fourth-order valence-corrected chi connectivity index (χ4v) is 1.78. The molecule has 60 valence electrons. The predicted molar refractivity (Wildman–Crippen MR) is 53.6 cm³/mol. The molecule has 1 rings (SSSR count). The van der Waals surface area contributed by atoms with Gasteiger partial charge in [-0.2, -0.15) is 0 Å². The third kappa shape index (κ3) is 1.89. The molecule has 0 bridgehead atoms. The minimum absolute atomic E-state index is 0.489. The van der Waals surface area contributed by atoms with Crippen LogP contribution in [-0.2, 0) is 0 Å². The summed E-state index contributed by atoms with van der Waals surface area (Å²) in [7, 11) is 0. The molecule has 0 saturated carbocycles. The summed E-state index contributed by atoms with van der Waals surface area (Å²) in [6.45, 7) is 6.29. The monoisotopic (exact) mass is 262 g/mol. The molecule has 1 heterocycles. The van der Waals surface area contributed by atoms with Crippen LogP contribution in [0.4, 0.5) is 0 Å². The van der Waals surface area contributed by atoms with Gasteiger partial charge >= 0.3 is 0 Å². The molecule has 0 spiro atoms. The first-order valence-electron chi connectivity index (χ1n) is 3.60. The number of aromatic nitrogens is 2. The van der Waals surface area contributed by atoms with E-state index in [2.05, 4.69) is 46.4 Å². The zero-order chi connectivity index (χ0) is 8.43. The lowest BCUT2D eigenvalue weighted by Crippen LogP contribution is -2.00. The third-order valence-electron chi connectivity index (χ3n) is 1.54. The first kappa shape index (κ1) is 8.90. The van der Waals surface area contributed by atoms with Crippen molar-refractivity contribution >= 4 is 22.6 Å². The quantitative estimate of drug-likeness (QED) is 0.727. The number of aryl methyl sites for hydroxylation is 1. The number of halogens is 1. The minimum atomic E-state index is 0.489. The molecule has 0 atom stereocenters. The maximum atomic E-state index is 4.22. The van der Waals surface area contributed by atoms with Crippen LogP contribution in [0.1, 0.15) is 31.2 Å². The molecule has 0 unspecified atom stereocenters. The predicted octanol–water partition coefficient (Wildman–Crippen LogP) is 2.51. The van der Waals surface area contributed by atoms with Crippen molar-refractivity contribution in [3.8, 4) is 0 Å². The highest BCUT2D eigenvalue weighted by Crippen LogP contribution is 2.19. The Balaban J connectivity index is 3.17. The van der Waals surface area contributed by atoms with Crippen molar-refractivity contribution < 1.29 is 0 Å². The average molecular weight is 262 g/mol. The van der Waals surface area contributed by atoms with Crippen LogP contribution in [0.5, 0.6) is 0 Å². The maximum absolute atomic E-state index is 4.22. The van der Waals surface area contributed by atoms with E-state index in [0.717, 1.165) is 11.4 Å². The molecule has 3 heteroatoms. The van der Waals surface area contributed by atoms with E-state index in [9.17, 15) is 0 Å². The Bertz CT molecular complexity index is 258. The molecule has 0 saturated heterocycles. The SMILES string of the molecule is Cc1ncnc(C(C)C)c1I. The van der Waals surface area contributed by atoms with E-state index < -0.39 is 0 Å². The van der Waals surface area contributed by atoms with Crippen molar-refractivity contribution in [2.45, 2.75) is 26.7 Å². The Hall–Kier alpha value is -0.190.